The van der Waals surface area contributed by atoms with Crippen LogP contribution in [0, 0.1) is 0 Å². The zero-order valence-corrected chi connectivity index (χ0v) is 33.6. The number of anilines is 3. The molecule has 1 nitrogen and oxygen atoms in total. The highest BCUT2D eigenvalue weighted by Crippen LogP contribution is 2.65. The van der Waals surface area contributed by atoms with Crippen LogP contribution in [-0.2, 0) is 10.8 Å². The number of fused-ring (bicyclic) bond motifs is 10. The molecule has 12 rings (SSSR count). The van der Waals surface area contributed by atoms with Crippen molar-refractivity contribution in [2.24, 2.45) is 0 Å². The van der Waals surface area contributed by atoms with E-state index in [9.17, 15) is 0 Å². The van der Waals surface area contributed by atoms with Crippen molar-refractivity contribution < 1.29 is 0 Å². The third-order valence-corrected chi connectivity index (χ3v) is 13.4. The van der Waals surface area contributed by atoms with Crippen molar-refractivity contribution in [2.45, 2.75) is 10.8 Å². The van der Waals surface area contributed by atoms with Crippen LogP contribution in [-0.4, -0.2) is 0 Å². The van der Waals surface area contributed by atoms with Gasteiger partial charge in [-0.25, -0.2) is 0 Å². The smallest absolute Gasteiger partial charge is 0.0720 e. The van der Waals surface area contributed by atoms with E-state index in [-0.39, 0.29) is 0 Å². The van der Waals surface area contributed by atoms with Gasteiger partial charge >= 0.3 is 0 Å². The van der Waals surface area contributed by atoms with Crippen molar-refractivity contribution in [1.82, 2.24) is 0 Å². The molecule has 0 heterocycles. The minimum atomic E-state index is -0.560. The predicted molar refractivity (Wildman–Crippen MR) is 253 cm³/mol. The summed E-state index contributed by atoms with van der Waals surface area (Å²) >= 11 is 0. The second-order valence-electron chi connectivity index (χ2n) is 16.3. The summed E-state index contributed by atoms with van der Waals surface area (Å²) in [6.07, 6.45) is 0. The van der Waals surface area contributed by atoms with Crippen LogP contribution in [0.25, 0.3) is 33.0 Å². The molecule has 0 unspecified atom stereocenters. The third kappa shape index (κ3) is 4.95. The van der Waals surface area contributed by atoms with Crippen LogP contribution in [0.4, 0.5) is 17.1 Å². The van der Waals surface area contributed by atoms with Gasteiger partial charge < -0.3 is 4.90 Å². The van der Waals surface area contributed by atoms with Crippen molar-refractivity contribution >= 4 is 27.8 Å². The quantitative estimate of drug-likeness (QED) is 0.163. The molecule has 1 spiro atoms. The summed E-state index contributed by atoms with van der Waals surface area (Å²) in [6.45, 7) is 0. The maximum absolute atomic E-state index is 2.41. The zero-order chi connectivity index (χ0) is 40.4. The minimum Gasteiger partial charge on any atom is -0.310 e. The number of hydrogen-bond donors (Lipinski definition) is 0. The molecule has 2 aliphatic carbocycles. The van der Waals surface area contributed by atoms with Crippen LogP contribution in [0.1, 0.15) is 44.5 Å². The van der Waals surface area contributed by atoms with Gasteiger partial charge in [0.05, 0.1) is 16.5 Å². The van der Waals surface area contributed by atoms with E-state index >= 15 is 0 Å². The van der Waals surface area contributed by atoms with E-state index < -0.39 is 10.8 Å². The van der Waals surface area contributed by atoms with Gasteiger partial charge in [0, 0.05) is 16.8 Å². The van der Waals surface area contributed by atoms with Crippen LogP contribution < -0.4 is 4.90 Å². The first kappa shape index (κ1) is 35.2. The highest BCUT2D eigenvalue weighted by Gasteiger charge is 2.56. The Kier molecular flexibility index (Phi) is 8.05. The first-order valence-corrected chi connectivity index (χ1v) is 21.3. The number of para-hydroxylation sites is 2. The van der Waals surface area contributed by atoms with Gasteiger partial charge in [-0.15, -0.1) is 0 Å². The minimum absolute atomic E-state index is 0.536. The molecule has 0 bridgehead atoms. The Bertz CT molecular complexity index is 3110. The topological polar surface area (TPSA) is 3.24 Å². The molecule has 1 heteroatoms. The van der Waals surface area contributed by atoms with Gasteiger partial charge in [-0.2, -0.15) is 0 Å². The number of nitrogens with zero attached hydrogens (tertiary/aromatic N) is 1. The maximum atomic E-state index is 2.41. The lowest BCUT2D eigenvalue weighted by Gasteiger charge is -2.50. The molecule has 0 radical (unpaired) electrons. The molecule has 61 heavy (non-hydrogen) atoms. The Morgan fingerprint density at radius 2 is 0.639 bits per heavy atom. The molecule has 0 aliphatic heterocycles. The molecule has 0 aromatic heterocycles. The average Bonchev–Trinajstić information content (AvgIpc) is 3.64. The Morgan fingerprint density at radius 1 is 0.246 bits per heavy atom. The summed E-state index contributed by atoms with van der Waals surface area (Å²) in [4.78, 5) is 2.38. The van der Waals surface area contributed by atoms with E-state index in [1.54, 1.807) is 0 Å². The number of hydrogen-bond acceptors (Lipinski definition) is 1. The summed E-state index contributed by atoms with van der Waals surface area (Å²) in [5, 5.41) is 2.43. The van der Waals surface area contributed by atoms with E-state index in [1.807, 2.05) is 0 Å². The van der Waals surface area contributed by atoms with Gasteiger partial charge in [0.25, 0.3) is 0 Å². The molecule has 0 saturated heterocycles. The van der Waals surface area contributed by atoms with Crippen LogP contribution in [0.15, 0.2) is 249 Å². The lowest BCUT2D eigenvalue weighted by atomic mass is 9.51. The standard InChI is InChI=1S/C60H41N/c1-5-22-42(23-6-1)59(43-24-7-2-8-25-43)52-36-15-17-38-54(52)60(55-39-18-16-37-53(55)59)51-35-14-13-30-50(51)58-49(34-20-40-56(58)60)47-31-19-33-48-46(47)32-21-41-57(48)61(44-26-9-3-10-27-44)45-28-11-4-12-29-45/h1-41H. The summed E-state index contributed by atoms with van der Waals surface area (Å²) in [5.74, 6) is 0. The number of benzene rings is 10. The fraction of sp³-hybridized carbons (Fsp3) is 0.0333. The SMILES string of the molecule is c1ccc(N(c2ccccc2)c2cccc3c(-c4cccc5c4-c4ccccc4C54c5ccccc5C(c5ccccc5)(c5ccccc5)c5ccccc54)cccc23)cc1. The molecule has 0 N–H and O–H groups in total. The normalized spacial score (nSPS) is 13.8. The zero-order valence-electron chi connectivity index (χ0n) is 33.6. The van der Waals surface area contributed by atoms with Crippen molar-refractivity contribution in [3.63, 3.8) is 0 Å². The van der Waals surface area contributed by atoms with Crippen molar-refractivity contribution in [3.05, 3.63) is 293 Å². The molecule has 0 saturated carbocycles. The van der Waals surface area contributed by atoms with Crippen molar-refractivity contribution in [1.29, 1.82) is 0 Å². The second kappa shape index (κ2) is 13.9. The molecule has 0 atom stereocenters. The van der Waals surface area contributed by atoms with Gasteiger partial charge in [0.15, 0.2) is 0 Å². The van der Waals surface area contributed by atoms with Crippen LogP contribution in [0.2, 0.25) is 0 Å². The molecular weight excluding hydrogens is 735 g/mol. The molecular formula is C60H41N. The molecule has 0 fully saturated rings. The van der Waals surface area contributed by atoms with Crippen LogP contribution in [0.5, 0.6) is 0 Å². The van der Waals surface area contributed by atoms with Crippen molar-refractivity contribution in [2.75, 3.05) is 4.90 Å². The lowest BCUT2D eigenvalue weighted by molar-refractivity contribution is 0.623. The predicted octanol–water partition coefficient (Wildman–Crippen LogP) is 15.0. The Labute approximate surface area is 357 Å². The summed E-state index contributed by atoms with van der Waals surface area (Å²) < 4.78 is 0. The van der Waals surface area contributed by atoms with E-state index in [0.29, 0.717) is 0 Å². The van der Waals surface area contributed by atoms with Gasteiger partial charge in [-0.05, 0) is 102 Å². The Hall–Kier alpha value is -7.74. The van der Waals surface area contributed by atoms with Gasteiger partial charge in [0.2, 0.25) is 0 Å². The lowest BCUT2D eigenvalue weighted by Crippen LogP contribution is -2.44. The first-order chi connectivity index (χ1) is 30.3. The highest BCUT2D eigenvalue weighted by molar-refractivity contribution is 6.09. The first-order valence-electron chi connectivity index (χ1n) is 21.3. The van der Waals surface area contributed by atoms with Crippen molar-refractivity contribution in [3.8, 4) is 22.3 Å². The van der Waals surface area contributed by atoms with E-state index in [1.165, 1.54) is 77.5 Å². The fourth-order valence-corrected chi connectivity index (χ4v) is 11.2. The fourth-order valence-electron chi connectivity index (χ4n) is 11.2. The highest BCUT2D eigenvalue weighted by atomic mass is 15.1. The van der Waals surface area contributed by atoms with E-state index in [0.717, 1.165) is 17.1 Å². The summed E-state index contributed by atoms with van der Waals surface area (Å²) in [7, 11) is 0. The summed E-state index contributed by atoms with van der Waals surface area (Å²) in [6, 6.07) is 92.2. The van der Waals surface area contributed by atoms with E-state index in [4.69, 9.17) is 0 Å². The molecule has 0 amide bonds. The average molecular weight is 776 g/mol. The Balaban J connectivity index is 1.15. The van der Waals surface area contributed by atoms with Crippen LogP contribution in [0.3, 0.4) is 0 Å². The van der Waals surface area contributed by atoms with Crippen LogP contribution >= 0.6 is 0 Å². The molecule has 10 aromatic rings. The molecule has 10 aromatic carbocycles. The van der Waals surface area contributed by atoms with E-state index in [2.05, 4.69) is 254 Å². The largest absolute Gasteiger partial charge is 0.310 e. The van der Waals surface area contributed by atoms with Gasteiger partial charge in [-0.1, -0.05) is 218 Å². The monoisotopic (exact) mass is 775 g/mol. The summed E-state index contributed by atoms with van der Waals surface area (Å²) in [5.41, 5.74) is 17.8. The maximum Gasteiger partial charge on any atom is 0.0720 e. The Morgan fingerprint density at radius 3 is 1.21 bits per heavy atom. The third-order valence-electron chi connectivity index (χ3n) is 13.4. The van der Waals surface area contributed by atoms with Gasteiger partial charge in [-0.3, -0.25) is 0 Å². The second-order valence-corrected chi connectivity index (χ2v) is 16.3. The number of rotatable bonds is 6. The van der Waals surface area contributed by atoms with Gasteiger partial charge in [0.1, 0.15) is 0 Å². The molecule has 2 aliphatic rings. The molecule has 286 valence electrons.